The monoisotopic (exact) mass is 364 g/mol. The highest BCUT2D eigenvalue weighted by Crippen LogP contribution is 2.59. The zero-order valence-electron chi connectivity index (χ0n) is 8.37. The van der Waals surface area contributed by atoms with E-state index in [9.17, 15) is 4.57 Å². The molecule has 0 radical (unpaired) electrons. The van der Waals surface area contributed by atoms with Crippen molar-refractivity contribution in [2.75, 3.05) is 13.4 Å². The molecule has 1 unspecified atom stereocenters. The Labute approximate surface area is 116 Å². The van der Waals surface area contributed by atoms with Crippen LogP contribution < -0.4 is 4.52 Å². The summed E-state index contributed by atoms with van der Waals surface area (Å²) in [6, 6.07) is 3.05. The SMILES string of the molecule is COP(=O)(Oc1cc(Cl)c(Br)cc1Cl)SC. The van der Waals surface area contributed by atoms with E-state index in [2.05, 4.69) is 15.9 Å². The molecule has 3 nitrogen and oxygen atoms in total. The molecule has 0 aliphatic carbocycles. The van der Waals surface area contributed by atoms with E-state index in [4.69, 9.17) is 32.2 Å². The molecule has 1 aromatic rings. The summed E-state index contributed by atoms with van der Waals surface area (Å²) < 4.78 is 22.5. The van der Waals surface area contributed by atoms with Crippen molar-refractivity contribution in [2.45, 2.75) is 0 Å². The van der Waals surface area contributed by atoms with E-state index in [1.54, 1.807) is 12.3 Å². The maximum absolute atomic E-state index is 11.9. The Bertz CT molecular complexity index is 436. The predicted molar refractivity (Wildman–Crippen MR) is 72.9 cm³/mol. The molecule has 1 rings (SSSR count). The molecule has 0 heterocycles. The van der Waals surface area contributed by atoms with Crippen LogP contribution in [0, 0.1) is 0 Å². The average Bonchev–Trinajstić information content (AvgIpc) is 2.25. The van der Waals surface area contributed by atoms with Crippen molar-refractivity contribution in [3.05, 3.63) is 26.7 Å². The Balaban J connectivity index is 3.06. The van der Waals surface area contributed by atoms with E-state index in [1.165, 1.54) is 13.2 Å². The molecule has 16 heavy (non-hydrogen) atoms. The third kappa shape index (κ3) is 3.56. The molecule has 0 aromatic heterocycles. The highest BCUT2D eigenvalue weighted by atomic mass is 79.9. The molecular weight excluding hydrogens is 358 g/mol. The van der Waals surface area contributed by atoms with E-state index < -0.39 is 6.80 Å². The zero-order valence-corrected chi connectivity index (χ0v) is 13.2. The van der Waals surface area contributed by atoms with Gasteiger partial charge < -0.3 is 4.52 Å². The number of benzene rings is 1. The fourth-order valence-electron chi connectivity index (χ4n) is 0.844. The molecular formula is C8H8BrCl2O3PS. The van der Waals surface area contributed by atoms with E-state index in [0.717, 1.165) is 11.4 Å². The standard InChI is InChI=1S/C8H8BrCl2O3PS/c1-13-15(12,16-2)14-8-4-6(10)5(9)3-7(8)11/h3-4H,1-2H3. The molecule has 0 N–H and O–H groups in total. The Morgan fingerprint density at radius 2 is 2.00 bits per heavy atom. The first-order valence-corrected chi connectivity index (χ1v) is 8.89. The second kappa shape index (κ2) is 5.98. The van der Waals surface area contributed by atoms with Crippen LogP contribution in [0.4, 0.5) is 0 Å². The summed E-state index contributed by atoms with van der Waals surface area (Å²) in [6.07, 6.45) is 1.62. The summed E-state index contributed by atoms with van der Waals surface area (Å²) in [4.78, 5) is 0. The van der Waals surface area contributed by atoms with Crippen molar-refractivity contribution in [3.63, 3.8) is 0 Å². The highest BCUT2D eigenvalue weighted by molar-refractivity contribution is 9.10. The third-order valence-electron chi connectivity index (χ3n) is 1.63. The van der Waals surface area contributed by atoms with Crippen LogP contribution in [-0.2, 0) is 9.09 Å². The van der Waals surface area contributed by atoms with Gasteiger partial charge in [0.05, 0.1) is 10.0 Å². The fourth-order valence-corrected chi connectivity index (χ4v) is 3.33. The van der Waals surface area contributed by atoms with Gasteiger partial charge in [0.25, 0.3) is 0 Å². The molecule has 0 bridgehead atoms. The van der Waals surface area contributed by atoms with Crippen molar-refractivity contribution < 1.29 is 13.6 Å². The smallest absolute Gasteiger partial charge is 0.415 e. The topological polar surface area (TPSA) is 35.5 Å². The van der Waals surface area contributed by atoms with Crippen molar-refractivity contribution >= 4 is 57.3 Å². The van der Waals surface area contributed by atoms with Crippen molar-refractivity contribution in [3.8, 4) is 5.75 Å². The van der Waals surface area contributed by atoms with E-state index in [0.29, 0.717) is 14.5 Å². The second-order valence-electron chi connectivity index (χ2n) is 2.60. The molecule has 0 amide bonds. The van der Waals surface area contributed by atoms with Gasteiger partial charge in [-0.15, -0.1) is 0 Å². The minimum atomic E-state index is -3.21. The quantitative estimate of drug-likeness (QED) is 0.539. The molecule has 1 atom stereocenters. The van der Waals surface area contributed by atoms with Gasteiger partial charge in [0.15, 0.2) is 0 Å². The highest BCUT2D eigenvalue weighted by Gasteiger charge is 2.24. The molecule has 8 heteroatoms. The maximum atomic E-state index is 11.9. The minimum Gasteiger partial charge on any atom is -0.415 e. The number of rotatable bonds is 4. The Morgan fingerprint density at radius 3 is 2.50 bits per heavy atom. The van der Waals surface area contributed by atoms with Gasteiger partial charge in [-0.2, -0.15) is 0 Å². The first kappa shape index (κ1) is 14.7. The van der Waals surface area contributed by atoms with Crippen LogP contribution >= 0.6 is 57.3 Å². The van der Waals surface area contributed by atoms with Crippen LogP contribution in [0.3, 0.4) is 0 Å². The molecule has 0 saturated carbocycles. The van der Waals surface area contributed by atoms with E-state index in [-0.39, 0.29) is 5.75 Å². The fraction of sp³-hybridized carbons (Fsp3) is 0.250. The van der Waals surface area contributed by atoms with Gasteiger partial charge in [-0.25, -0.2) is 4.57 Å². The molecule has 0 spiro atoms. The summed E-state index contributed by atoms with van der Waals surface area (Å²) in [5.74, 6) is 0.231. The first-order valence-electron chi connectivity index (χ1n) is 3.97. The van der Waals surface area contributed by atoms with Crippen molar-refractivity contribution in [1.82, 2.24) is 0 Å². The summed E-state index contributed by atoms with van der Waals surface area (Å²) in [7, 11) is 1.31. The van der Waals surface area contributed by atoms with Crippen LogP contribution in [0.2, 0.25) is 10.0 Å². The number of hydrogen-bond acceptors (Lipinski definition) is 4. The number of hydrogen-bond donors (Lipinski definition) is 0. The van der Waals surface area contributed by atoms with Gasteiger partial charge in [0.2, 0.25) is 0 Å². The molecule has 1 aromatic carbocycles. The summed E-state index contributed by atoms with van der Waals surface area (Å²) in [5, 5.41) is 0.728. The van der Waals surface area contributed by atoms with Gasteiger partial charge in [-0.3, -0.25) is 4.52 Å². The van der Waals surface area contributed by atoms with Crippen LogP contribution in [0.15, 0.2) is 16.6 Å². The molecule has 90 valence electrons. The summed E-state index contributed by atoms with van der Waals surface area (Å²) in [6.45, 7) is -3.21. The average molecular weight is 366 g/mol. The van der Waals surface area contributed by atoms with Crippen LogP contribution in [-0.4, -0.2) is 13.4 Å². The zero-order chi connectivity index (χ0) is 12.3. The lowest BCUT2D eigenvalue weighted by molar-refractivity contribution is 0.342. The van der Waals surface area contributed by atoms with Crippen LogP contribution in [0.5, 0.6) is 5.75 Å². The van der Waals surface area contributed by atoms with Gasteiger partial charge in [-0.1, -0.05) is 23.2 Å². The third-order valence-corrected chi connectivity index (χ3v) is 6.45. The Hall–Kier alpha value is 0.620. The number of halogens is 3. The lowest BCUT2D eigenvalue weighted by atomic mass is 10.3. The summed E-state index contributed by atoms with van der Waals surface area (Å²) >= 11 is 16.0. The normalized spacial score (nSPS) is 14.6. The Morgan fingerprint density at radius 1 is 1.38 bits per heavy atom. The van der Waals surface area contributed by atoms with Gasteiger partial charge in [-0.05, 0) is 39.6 Å². The van der Waals surface area contributed by atoms with Crippen molar-refractivity contribution in [2.24, 2.45) is 0 Å². The molecule has 0 aliphatic rings. The van der Waals surface area contributed by atoms with Gasteiger partial charge >= 0.3 is 6.80 Å². The van der Waals surface area contributed by atoms with Gasteiger partial charge in [0.1, 0.15) is 5.75 Å². The van der Waals surface area contributed by atoms with Gasteiger partial charge in [0, 0.05) is 17.6 Å². The lowest BCUT2D eigenvalue weighted by Gasteiger charge is -2.15. The largest absolute Gasteiger partial charge is 0.439 e. The van der Waals surface area contributed by atoms with E-state index in [1.807, 2.05) is 0 Å². The Kier molecular flexibility index (Phi) is 5.49. The minimum absolute atomic E-state index is 0.231. The molecule has 0 aliphatic heterocycles. The first-order chi connectivity index (χ1) is 7.41. The second-order valence-corrected chi connectivity index (χ2v) is 8.51. The maximum Gasteiger partial charge on any atom is 0.439 e. The summed E-state index contributed by atoms with van der Waals surface area (Å²) in [5.41, 5.74) is 0. The lowest BCUT2D eigenvalue weighted by Crippen LogP contribution is -1.92. The predicted octanol–water partition coefficient (Wildman–Crippen LogP) is 5.25. The molecule has 0 saturated heterocycles. The molecule has 0 fully saturated rings. The van der Waals surface area contributed by atoms with E-state index >= 15 is 0 Å². The van der Waals surface area contributed by atoms with Crippen molar-refractivity contribution in [1.29, 1.82) is 0 Å². The van der Waals surface area contributed by atoms with Crippen LogP contribution in [0.25, 0.3) is 0 Å². The van der Waals surface area contributed by atoms with Crippen LogP contribution in [0.1, 0.15) is 0 Å².